The number of hydrogen-bond donors (Lipinski definition) is 1. The third-order valence-corrected chi connectivity index (χ3v) is 4.72. The molecular formula is C20H17F3N4O. The van der Waals surface area contributed by atoms with Gasteiger partial charge in [0.05, 0.1) is 12.1 Å². The van der Waals surface area contributed by atoms with Crippen molar-refractivity contribution in [2.75, 3.05) is 0 Å². The SMILES string of the molecule is NC(=O)Cc1ccncc1-c1ccc(-n2nc(C(F)(F)F)cc2C2CC2)cc1. The molecule has 3 aromatic rings. The Kier molecular flexibility index (Phi) is 4.41. The number of benzene rings is 1. The molecule has 1 aliphatic carbocycles. The van der Waals surface area contributed by atoms with Gasteiger partial charge in [0, 0.05) is 29.6 Å². The van der Waals surface area contributed by atoms with E-state index in [2.05, 4.69) is 10.1 Å². The van der Waals surface area contributed by atoms with Gasteiger partial charge in [-0.15, -0.1) is 0 Å². The van der Waals surface area contributed by atoms with E-state index in [-0.39, 0.29) is 12.3 Å². The number of hydrogen-bond acceptors (Lipinski definition) is 3. The highest BCUT2D eigenvalue weighted by molar-refractivity contribution is 5.80. The quantitative estimate of drug-likeness (QED) is 0.724. The molecule has 1 aliphatic rings. The first-order valence-electron chi connectivity index (χ1n) is 8.82. The fourth-order valence-electron chi connectivity index (χ4n) is 3.22. The van der Waals surface area contributed by atoms with Crippen LogP contribution in [0, 0.1) is 0 Å². The summed E-state index contributed by atoms with van der Waals surface area (Å²) in [5.74, 6) is -0.335. The second kappa shape index (κ2) is 6.78. The van der Waals surface area contributed by atoms with Crippen molar-refractivity contribution in [2.45, 2.75) is 31.4 Å². The number of pyridine rings is 1. The van der Waals surface area contributed by atoms with E-state index >= 15 is 0 Å². The van der Waals surface area contributed by atoms with Gasteiger partial charge in [0.1, 0.15) is 0 Å². The normalized spacial score (nSPS) is 14.2. The van der Waals surface area contributed by atoms with Crippen molar-refractivity contribution in [1.82, 2.24) is 14.8 Å². The molecule has 0 saturated heterocycles. The van der Waals surface area contributed by atoms with Crippen LogP contribution in [0.25, 0.3) is 16.8 Å². The molecule has 28 heavy (non-hydrogen) atoms. The van der Waals surface area contributed by atoms with Crippen LogP contribution in [0.5, 0.6) is 0 Å². The third-order valence-electron chi connectivity index (χ3n) is 4.72. The summed E-state index contributed by atoms with van der Waals surface area (Å²) in [6.45, 7) is 0. The highest BCUT2D eigenvalue weighted by atomic mass is 19.4. The van der Waals surface area contributed by atoms with Gasteiger partial charge in [0.25, 0.3) is 0 Å². The lowest BCUT2D eigenvalue weighted by Crippen LogP contribution is -2.14. The van der Waals surface area contributed by atoms with Crippen molar-refractivity contribution >= 4 is 5.91 Å². The van der Waals surface area contributed by atoms with E-state index in [1.165, 1.54) is 4.68 Å². The zero-order valence-electron chi connectivity index (χ0n) is 14.8. The molecule has 1 amide bonds. The number of primary amides is 1. The fraction of sp³-hybridized carbons (Fsp3) is 0.250. The van der Waals surface area contributed by atoms with Gasteiger partial charge in [-0.25, -0.2) is 4.68 Å². The molecule has 1 aromatic carbocycles. The van der Waals surface area contributed by atoms with Crippen molar-refractivity contribution in [3.63, 3.8) is 0 Å². The predicted molar refractivity (Wildman–Crippen MR) is 96.7 cm³/mol. The van der Waals surface area contributed by atoms with E-state index in [4.69, 9.17) is 5.73 Å². The molecule has 2 N–H and O–H groups in total. The summed E-state index contributed by atoms with van der Waals surface area (Å²) in [4.78, 5) is 15.4. The number of nitrogens with zero attached hydrogens (tertiary/aromatic N) is 3. The number of nitrogens with two attached hydrogens (primary N) is 1. The van der Waals surface area contributed by atoms with Crippen molar-refractivity contribution in [3.8, 4) is 16.8 Å². The molecular weight excluding hydrogens is 369 g/mol. The zero-order valence-corrected chi connectivity index (χ0v) is 14.8. The molecule has 1 saturated carbocycles. The number of rotatable bonds is 5. The van der Waals surface area contributed by atoms with E-state index in [1.807, 2.05) is 0 Å². The van der Waals surface area contributed by atoms with E-state index in [0.29, 0.717) is 11.4 Å². The molecule has 0 spiro atoms. The number of alkyl halides is 3. The van der Waals surface area contributed by atoms with Gasteiger partial charge in [-0.05, 0) is 48.2 Å². The summed E-state index contributed by atoms with van der Waals surface area (Å²) >= 11 is 0. The summed E-state index contributed by atoms with van der Waals surface area (Å²) in [5.41, 5.74) is 7.85. The van der Waals surface area contributed by atoms with Crippen LogP contribution in [0.2, 0.25) is 0 Å². The molecule has 0 unspecified atom stereocenters. The van der Waals surface area contributed by atoms with Gasteiger partial charge < -0.3 is 5.73 Å². The monoisotopic (exact) mass is 386 g/mol. The maximum Gasteiger partial charge on any atom is 0.435 e. The van der Waals surface area contributed by atoms with Crippen molar-refractivity contribution < 1.29 is 18.0 Å². The highest BCUT2D eigenvalue weighted by Gasteiger charge is 2.38. The van der Waals surface area contributed by atoms with Crippen LogP contribution in [0.4, 0.5) is 13.2 Å². The Morgan fingerprint density at radius 3 is 2.50 bits per heavy atom. The summed E-state index contributed by atoms with van der Waals surface area (Å²) in [7, 11) is 0. The van der Waals surface area contributed by atoms with Crippen LogP contribution in [0.15, 0.2) is 48.8 Å². The molecule has 5 nitrogen and oxygen atoms in total. The number of carbonyl (C=O) groups excluding carboxylic acids is 1. The van der Waals surface area contributed by atoms with Gasteiger partial charge in [0.15, 0.2) is 5.69 Å². The van der Waals surface area contributed by atoms with E-state index in [9.17, 15) is 18.0 Å². The lowest BCUT2D eigenvalue weighted by Gasteiger charge is -2.10. The van der Waals surface area contributed by atoms with Crippen molar-refractivity contribution in [2.24, 2.45) is 5.73 Å². The Morgan fingerprint density at radius 2 is 1.89 bits per heavy atom. The fourth-order valence-corrected chi connectivity index (χ4v) is 3.22. The maximum atomic E-state index is 13.1. The molecule has 0 aliphatic heterocycles. The van der Waals surface area contributed by atoms with E-state index in [1.54, 1.807) is 42.7 Å². The molecule has 4 rings (SSSR count). The Bertz CT molecular complexity index is 1020. The summed E-state index contributed by atoms with van der Waals surface area (Å²) in [6.07, 6.45) is 0.563. The molecule has 2 heterocycles. The first kappa shape index (κ1) is 18.2. The van der Waals surface area contributed by atoms with Gasteiger partial charge in [0.2, 0.25) is 5.91 Å². The van der Waals surface area contributed by atoms with Crippen LogP contribution in [-0.2, 0) is 17.4 Å². The minimum Gasteiger partial charge on any atom is -0.369 e. The van der Waals surface area contributed by atoms with Gasteiger partial charge in [-0.3, -0.25) is 9.78 Å². The number of halogens is 3. The van der Waals surface area contributed by atoms with Crippen molar-refractivity contribution in [1.29, 1.82) is 0 Å². The minimum atomic E-state index is -4.48. The highest BCUT2D eigenvalue weighted by Crippen LogP contribution is 2.43. The average Bonchev–Trinajstić information content (AvgIpc) is 3.39. The van der Waals surface area contributed by atoms with Crippen LogP contribution in [-0.4, -0.2) is 20.7 Å². The smallest absolute Gasteiger partial charge is 0.369 e. The average molecular weight is 386 g/mol. The molecule has 0 radical (unpaired) electrons. The molecule has 0 bridgehead atoms. The third kappa shape index (κ3) is 3.62. The second-order valence-electron chi connectivity index (χ2n) is 6.86. The second-order valence-corrected chi connectivity index (χ2v) is 6.86. The number of carbonyl (C=O) groups is 1. The lowest BCUT2D eigenvalue weighted by molar-refractivity contribution is -0.141. The summed E-state index contributed by atoms with van der Waals surface area (Å²) in [5, 5.41) is 3.79. The maximum absolute atomic E-state index is 13.1. The number of aromatic nitrogens is 3. The Hall–Kier alpha value is -3.16. The Morgan fingerprint density at radius 1 is 1.18 bits per heavy atom. The minimum absolute atomic E-state index is 0.0829. The standard InChI is InChI=1S/C20H17F3N4O/c21-20(22,23)18-10-17(13-1-2-13)27(26-18)15-5-3-12(4-6-15)16-11-25-8-7-14(16)9-19(24)28/h3-8,10-11,13H,1-2,9H2,(H2,24,28). The Balaban J connectivity index is 1.70. The summed E-state index contributed by atoms with van der Waals surface area (Å²) in [6, 6.07) is 9.86. The van der Waals surface area contributed by atoms with Crippen LogP contribution in [0.1, 0.15) is 35.7 Å². The van der Waals surface area contributed by atoms with E-state index in [0.717, 1.165) is 35.6 Å². The molecule has 8 heteroatoms. The lowest BCUT2D eigenvalue weighted by atomic mass is 9.99. The summed E-state index contributed by atoms with van der Waals surface area (Å²) < 4.78 is 40.7. The van der Waals surface area contributed by atoms with Gasteiger partial charge >= 0.3 is 6.18 Å². The topological polar surface area (TPSA) is 73.8 Å². The first-order valence-corrected chi connectivity index (χ1v) is 8.82. The van der Waals surface area contributed by atoms with Crippen molar-refractivity contribution in [3.05, 3.63) is 65.7 Å². The van der Waals surface area contributed by atoms with Gasteiger partial charge in [-0.1, -0.05) is 12.1 Å². The predicted octanol–water partition coefficient (Wildman–Crippen LogP) is 3.86. The molecule has 2 aromatic heterocycles. The number of amides is 1. The van der Waals surface area contributed by atoms with Crippen LogP contribution >= 0.6 is 0 Å². The molecule has 144 valence electrons. The van der Waals surface area contributed by atoms with Crippen LogP contribution < -0.4 is 5.73 Å². The Labute approximate surface area is 159 Å². The first-order chi connectivity index (χ1) is 13.3. The molecule has 0 atom stereocenters. The van der Waals surface area contributed by atoms with Gasteiger partial charge in [-0.2, -0.15) is 18.3 Å². The largest absolute Gasteiger partial charge is 0.435 e. The van der Waals surface area contributed by atoms with E-state index < -0.39 is 17.8 Å². The molecule has 1 fully saturated rings. The zero-order chi connectivity index (χ0) is 19.9. The van der Waals surface area contributed by atoms with Crippen LogP contribution in [0.3, 0.4) is 0 Å².